The van der Waals surface area contributed by atoms with Gasteiger partial charge in [0.2, 0.25) is 0 Å². The summed E-state index contributed by atoms with van der Waals surface area (Å²) in [6.07, 6.45) is 6.69. The Bertz CT molecular complexity index is 660. The van der Waals surface area contributed by atoms with Crippen LogP contribution in [0.4, 0.5) is 0 Å². The maximum atomic E-state index is 11.9. The van der Waals surface area contributed by atoms with E-state index < -0.39 is 0 Å². The highest BCUT2D eigenvalue weighted by Crippen LogP contribution is 2.19. The van der Waals surface area contributed by atoms with Gasteiger partial charge in [0.25, 0.3) is 0 Å². The largest absolute Gasteiger partial charge is 0.508 e. The molecule has 0 aromatic heterocycles. The highest BCUT2D eigenvalue weighted by molar-refractivity contribution is 5.93. The van der Waals surface area contributed by atoms with Crippen LogP contribution in [0.1, 0.15) is 36.0 Å². The molecule has 120 valence electrons. The predicted octanol–water partition coefficient (Wildman–Crippen LogP) is 3.88. The fourth-order valence-corrected chi connectivity index (χ4v) is 2.38. The molecule has 2 aromatic carbocycles. The van der Waals surface area contributed by atoms with Crippen LogP contribution in [0.15, 0.2) is 54.6 Å². The number of carbonyl (C=O) groups is 1. The Hall–Kier alpha value is -2.39. The second-order valence-corrected chi connectivity index (χ2v) is 5.54. The molecule has 3 heteroatoms. The highest BCUT2D eigenvalue weighted by atomic mass is 16.3. The van der Waals surface area contributed by atoms with E-state index in [1.165, 1.54) is 11.6 Å². The molecule has 2 rings (SSSR count). The molecule has 0 heterocycles. The summed E-state index contributed by atoms with van der Waals surface area (Å²) in [5.74, 6) is 0.161. The molecule has 0 amide bonds. The van der Waals surface area contributed by atoms with Crippen LogP contribution in [0.2, 0.25) is 0 Å². The van der Waals surface area contributed by atoms with Gasteiger partial charge < -0.3 is 10.2 Å². The van der Waals surface area contributed by atoms with Gasteiger partial charge in [-0.1, -0.05) is 42.5 Å². The van der Waals surface area contributed by atoms with Crippen LogP contribution in [0.5, 0.6) is 5.75 Å². The van der Waals surface area contributed by atoms with E-state index in [4.69, 9.17) is 5.11 Å². The van der Waals surface area contributed by atoms with Crippen LogP contribution in [0, 0.1) is 0 Å². The van der Waals surface area contributed by atoms with Gasteiger partial charge >= 0.3 is 0 Å². The number of aliphatic hydroxyl groups is 1. The van der Waals surface area contributed by atoms with Gasteiger partial charge in [-0.25, -0.2) is 0 Å². The van der Waals surface area contributed by atoms with E-state index in [0.717, 1.165) is 24.8 Å². The fourth-order valence-electron chi connectivity index (χ4n) is 2.38. The molecule has 2 N–H and O–H groups in total. The number of allylic oxidation sites excluding steroid dienone is 1. The third-order valence-corrected chi connectivity index (χ3v) is 3.72. The van der Waals surface area contributed by atoms with E-state index in [1.54, 1.807) is 24.3 Å². The Labute approximate surface area is 136 Å². The van der Waals surface area contributed by atoms with Gasteiger partial charge in [-0.2, -0.15) is 0 Å². The first kappa shape index (κ1) is 17.0. The average molecular weight is 310 g/mol. The maximum Gasteiger partial charge on any atom is 0.155 e. The lowest BCUT2D eigenvalue weighted by Crippen LogP contribution is -1.94. The zero-order valence-corrected chi connectivity index (χ0v) is 13.1. The molecular formula is C20H22O3. The minimum Gasteiger partial charge on any atom is -0.508 e. The van der Waals surface area contributed by atoms with Gasteiger partial charge in [0, 0.05) is 12.0 Å². The third-order valence-electron chi connectivity index (χ3n) is 3.72. The lowest BCUT2D eigenvalue weighted by Gasteiger charge is -2.02. The van der Waals surface area contributed by atoms with Crippen molar-refractivity contribution in [3.05, 3.63) is 71.3 Å². The van der Waals surface area contributed by atoms with Crippen LogP contribution in [0.25, 0.3) is 6.08 Å². The van der Waals surface area contributed by atoms with Crippen molar-refractivity contribution in [3.8, 4) is 5.75 Å². The molecule has 23 heavy (non-hydrogen) atoms. The number of benzene rings is 2. The van der Waals surface area contributed by atoms with Crippen molar-refractivity contribution in [1.29, 1.82) is 0 Å². The van der Waals surface area contributed by atoms with Crippen LogP contribution >= 0.6 is 0 Å². The first-order chi connectivity index (χ1) is 11.2. The summed E-state index contributed by atoms with van der Waals surface area (Å²) in [6.45, 7) is -0.221. The molecule has 0 bridgehead atoms. The lowest BCUT2D eigenvalue weighted by molar-refractivity contribution is -0.114. The Balaban J connectivity index is 1.76. The fraction of sp³-hybridized carbons (Fsp3) is 0.250. The molecule has 0 spiro atoms. The van der Waals surface area contributed by atoms with E-state index in [0.29, 0.717) is 12.0 Å². The van der Waals surface area contributed by atoms with E-state index >= 15 is 0 Å². The molecule has 0 aliphatic carbocycles. The number of hydrogen-bond donors (Lipinski definition) is 2. The summed E-state index contributed by atoms with van der Waals surface area (Å²) in [5.41, 5.74) is 2.56. The van der Waals surface area contributed by atoms with E-state index in [2.05, 4.69) is 12.1 Å². The molecule has 0 atom stereocenters. The van der Waals surface area contributed by atoms with Crippen molar-refractivity contribution >= 4 is 11.9 Å². The summed E-state index contributed by atoms with van der Waals surface area (Å²) in [7, 11) is 0. The molecular weight excluding hydrogens is 288 g/mol. The van der Waals surface area contributed by atoms with E-state index in [-0.39, 0.29) is 18.1 Å². The van der Waals surface area contributed by atoms with Crippen molar-refractivity contribution < 1.29 is 15.0 Å². The minimum atomic E-state index is -0.221. The average Bonchev–Trinajstić information content (AvgIpc) is 2.59. The molecule has 0 aliphatic rings. The quantitative estimate of drug-likeness (QED) is 0.574. The number of aryl methyl sites for hydroxylation is 1. The van der Waals surface area contributed by atoms with Crippen molar-refractivity contribution in [3.63, 3.8) is 0 Å². The van der Waals surface area contributed by atoms with E-state index in [9.17, 15) is 9.90 Å². The number of rotatable bonds is 8. The Morgan fingerprint density at radius 1 is 1.04 bits per heavy atom. The molecule has 0 unspecified atom stereocenters. The second kappa shape index (κ2) is 8.91. The smallest absolute Gasteiger partial charge is 0.155 e. The number of aromatic hydroxyl groups is 1. The molecule has 2 aromatic rings. The normalized spacial score (nSPS) is 11.0. The Morgan fingerprint density at radius 2 is 1.83 bits per heavy atom. The number of aliphatic hydroxyl groups excluding tert-OH is 1. The predicted molar refractivity (Wildman–Crippen MR) is 92.1 cm³/mol. The van der Waals surface area contributed by atoms with Crippen LogP contribution < -0.4 is 0 Å². The first-order valence-electron chi connectivity index (χ1n) is 7.86. The van der Waals surface area contributed by atoms with Gasteiger partial charge in [0.05, 0.1) is 6.61 Å². The summed E-state index contributed by atoms with van der Waals surface area (Å²) >= 11 is 0. The summed E-state index contributed by atoms with van der Waals surface area (Å²) in [5, 5.41) is 18.6. The zero-order valence-electron chi connectivity index (χ0n) is 13.1. The number of phenols is 1. The van der Waals surface area contributed by atoms with Crippen LogP contribution in [0.3, 0.4) is 0 Å². The number of ketones is 1. The summed E-state index contributed by atoms with van der Waals surface area (Å²) in [4.78, 5) is 11.9. The van der Waals surface area contributed by atoms with Crippen molar-refractivity contribution in [2.45, 2.75) is 32.3 Å². The number of unbranched alkanes of at least 4 members (excludes halogenated alkanes) is 1. The SMILES string of the molecule is O=C(C=Cc1ccc(O)c(CO)c1)CCCCc1ccccc1. The zero-order chi connectivity index (χ0) is 16.5. The van der Waals surface area contributed by atoms with Crippen molar-refractivity contribution in [1.82, 2.24) is 0 Å². The standard InChI is InChI=1S/C20H22O3/c21-15-18-14-17(11-13-20(18)23)10-12-19(22)9-5-4-8-16-6-2-1-3-7-16/h1-3,6-7,10-14,21,23H,4-5,8-9,15H2. The third kappa shape index (κ3) is 5.72. The molecule has 0 aliphatic heterocycles. The summed E-state index contributed by atoms with van der Waals surface area (Å²) in [6, 6.07) is 15.2. The monoisotopic (exact) mass is 310 g/mol. The summed E-state index contributed by atoms with van der Waals surface area (Å²) < 4.78 is 0. The van der Waals surface area contributed by atoms with Gasteiger partial charge in [-0.05, 0) is 48.6 Å². The van der Waals surface area contributed by atoms with Gasteiger partial charge in [-0.15, -0.1) is 0 Å². The van der Waals surface area contributed by atoms with Gasteiger partial charge in [-0.3, -0.25) is 4.79 Å². The molecule has 0 saturated heterocycles. The molecule has 0 saturated carbocycles. The van der Waals surface area contributed by atoms with Crippen molar-refractivity contribution in [2.75, 3.05) is 0 Å². The van der Waals surface area contributed by atoms with E-state index in [1.807, 2.05) is 18.2 Å². The lowest BCUT2D eigenvalue weighted by atomic mass is 10.0. The Kier molecular flexibility index (Phi) is 6.57. The second-order valence-electron chi connectivity index (χ2n) is 5.54. The molecule has 3 nitrogen and oxygen atoms in total. The van der Waals surface area contributed by atoms with Gasteiger partial charge in [0.1, 0.15) is 5.75 Å². The molecule has 0 radical (unpaired) electrons. The van der Waals surface area contributed by atoms with Crippen LogP contribution in [-0.2, 0) is 17.8 Å². The van der Waals surface area contributed by atoms with Gasteiger partial charge in [0.15, 0.2) is 5.78 Å². The maximum absolute atomic E-state index is 11.9. The number of carbonyl (C=O) groups excluding carboxylic acids is 1. The van der Waals surface area contributed by atoms with Crippen LogP contribution in [-0.4, -0.2) is 16.0 Å². The topological polar surface area (TPSA) is 57.5 Å². The first-order valence-corrected chi connectivity index (χ1v) is 7.86. The van der Waals surface area contributed by atoms with Crippen molar-refractivity contribution in [2.24, 2.45) is 0 Å². The highest BCUT2D eigenvalue weighted by Gasteiger charge is 2.01. The Morgan fingerprint density at radius 3 is 2.57 bits per heavy atom. The minimum absolute atomic E-state index is 0.0666. The number of hydrogen-bond acceptors (Lipinski definition) is 3. The molecule has 0 fully saturated rings.